The van der Waals surface area contributed by atoms with Crippen molar-refractivity contribution in [2.75, 3.05) is 12.9 Å². The van der Waals surface area contributed by atoms with Crippen LogP contribution < -0.4 is 4.74 Å². The van der Waals surface area contributed by atoms with Crippen LogP contribution >= 0.6 is 11.8 Å². The average Bonchev–Trinajstić information content (AvgIpc) is 3.09. The van der Waals surface area contributed by atoms with E-state index in [0.29, 0.717) is 16.6 Å². The molecule has 2 aromatic carbocycles. The molecular formula is C18H16N2O3S. The lowest BCUT2D eigenvalue weighted by atomic mass is 10.1. The van der Waals surface area contributed by atoms with E-state index in [1.165, 1.54) is 17.3 Å². The second kappa shape index (κ2) is 7.31. The van der Waals surface area contributed by atoms with Crippen LogP contribution in [-0.2, 0) is 0 Å². The first kappa shape index (κ1) is 16.3. The summed E-state index contributed by atoms with van der Waals surface area (Å²) >= 11 is 1.23. The normalized spacial score (nSPS) is 10.6. The molecule has 122 valence electrons. The Morgan fingerprint density at radius 2 is 1.83 bits per heavy atom. The van der Waals surface area contributed by atoms with Crippen molar-refractivity contribution in [3.05, 3.63) is 59.7 Å². The largest absolute Gasteiger partial charge is 0.497 e. The first-order valence-electron chi connectivity index (χ1n) is 7.36. The van der Waals surface area contributed by atoms with E-state index in [4.69, 9.17) is 9.26 Å². The van der Waals surface area contributed by atoms with Gasteiger partial charge in [0.15, 0.2) is 5.78 Å². The zero-order valence-electron chi connectivity index (χ0n) is 13.4. The lowest BCUT2D eigenvalue weighted by Gasteiger charge is -2.01. The average molecular weight is 340 g/mol. The molecule has 0 amide bonds. The van der Waals surface area contributed by atoms with E-state index in [0.717, 1.165) is 11.3 Å². The monoisotopic (exact) mass is 340 g/mol. The maximum atomic E-state index is 12.2. The summed E-state index contributed by atoms with van der Waals surface area (Å²) in [7, 11) is 1.59. The number of methoxy groups -OCH3 is 1. The van der Waals surface area contributed by atoms with Crippen LogP contribution in [0.4, 0.5) is 0 Å². The highest BCUT2D eigenvalue weighted by Gasteiger charge is 2.12. The van der Waals surface area contributed by atoms with E-state index in [1.54, 1.807) is 31.4 Å². The number of nitrogens with zero attached hydrogens (tertiary/aromatic N) is 2. The summed E-state index contributed by atoms with van der Waals surface area (Å²) in [4.78, 5) is 16.5. The van der Waals surface area contributed by atoms with Crippen molar-refractivity contribution in [3.8, 4) is 17.1 Å². The number of aryl methyl sites for hydroxylation is 1. The molecule has 0 bridgehead atoms. The Labute approximate surface area is 144 Å². The van der Waals surface area contributed by atoms with Gasteiger partial charge < -0.3 is 9.26 Å². The molecule has 0 aliphatic carbocycles. The van der Waals surface area contributed by atoms with Crippen molar-refractivity contribution in [2.45, 2.75) is 12.1 Å². The van der Waals surface area contributed by atoms with Gasteiger partial charge in [0.1, 0.15) is 5.75 Å². The SMILES string of the molecule is COc1ccc(C(=O)CSc2nc(-c3ccc(C)cc3)no2)cc1. The lowest BCUT2D eigenvalue weighted by Crippen LogP contribution is -2.02. The van der Waals surface area contributed by atoms with Crippen LogP contribution in [0.5, 0.6) is 5.75 Å². The third-order valence-electron chi connectivity index (χ3n) is 3.46. The van der Waals surface area contributed by atoms with Gasteiger partial charge in [-0.15, -0.1) is 0 Å². The van der Waals surface area contributed by atoms with Gasteiger partial charge in [0, 0.05) is 11.1 Å². The Morgan fingerprint density at radius 1 is 1.12 bits per heavy atom. The number of ketones is 1. The Kier molecular flexibility index (Phi) is 4.96. The third kappa shape index (κ3) is 3.83. The summed E-state index contributed by atoms with van der Waals surface area (Å²) < 4.78 is 10.3. The van der Waals surface area contributed by atoms with Crippen LogP contribution in [0.1, 0.15) is 15.9 Å². The Balaban J connectivity index is 1.62. The molecule has 6 heteroatoms. The molecule has 1 heterocycles. The zero-order valence-corrected chi connectivity index (χ0v) is 14.2. The number of Topliss-reactive ketones (excluding diaryl/α,β-unsaturated/α-hetero) is 1. The Hall–Kier alpha value is -2.60. The fraction of sp³-hybridized carbons (Fsp3) is 0.167. The molecule has 0 radical (unpaired) electrons. The zero-order chi connectivity index (χ0) is 16.9. The molecule has 0 aliphatic rings. The van der Waals surface area contributed by atoms with Gasteiger partial charge in [-0.3, -0.25) is 4.79 Å². The number of benzene rings is 2. The molecule has 24 heavy (non-hydrogen) atoms. The van der Waals surface area contributed by atoms with E-state index in [9.17, 15) is 4.79 Å². The Bertz CT molecular complexity index is 826. The van der Waals surface area contributed by atoms with Gasteiger partial charge in [-0.2, -0.15) is 4.98 Å². The molecule has 5 nitrogen and oxygen atoms in total. The van der Waals surface area contributed by atoms with Crippen molar-refractivity contribution in [2.24, 2.45) is 0 Å². The van der Waals surface area contributed by atoms with Gasteiger partial charge in [-0.25, -0.2) is 0 Å². The van der Waals surface area contributed by atoms with Crippen LogP contribution in [0, 0.1) is 6.92 Å². The molecule has 0 spiro atoms. The van der Waals surface area contributed by atoms with Gasteiger partial charge >= 0.3 is 0 Å². The highest BCUT2D eigenvalue weighted by Crippen LogP contribution is 2.22. The van der Waals surface area contributed by atoms with E-state index >= 15 is 0 Å². The standard InChI is InChI=1S/C18H16N2O3S/c1-12-3-5-14(6-4-12)17-19-18(23-20-17)24-11-16(21)13-7-9-15(22-2)10-8-13/h3-10H,11H2,1-2H3. The summed E-state index contributed by atoms with van der Waals surface area (Å²) in [5.41, 5.74) is 2.68. The minimum Gasteiger partial charge on any atom is -0.497 e. The summed E-state index contributed by atoms with van der Waals surface area (Å²) in [5.74, 6) is 1.48. The maximum Gasteiger partial charge on any atom is 0.286 e. The molecule has 0 saturated heterocycles. The number of carbonyl (C=O) groups excluding carboxylic acids is 1. The highest BCUT2D eigenvalue weighted by atomic mass is 32.2. The number of thioether (sulfide) groups is 1. The predicted octanol–water partition coefficient (Wildman–Crippen LogP) is 4.03. The molecular weight excluding hydrogens is 324 g/mol. The van der Waals surface area contributed by atoms with Crippen molar-refractivity contribution in [3.63, 3.8) is 0 Å². The smallest absolute Gasteiger partial charge is 0.286 e. The lowest BCUT2D eigenvalue weighted by molar-refractivity contribution is 0.102. The van der Waals surface area contributed by atoms with Gasteiger partial charge in [0.25, 0.3) is 5.22 Å². The van der Waals surface area contributed by atoms with Crippen LogP contribution in [0.15, 0.2) is 58.3 Å². The van der Waals surface area contributed by atoms with Gasteiger partial charge in [0.05, 0.1) is 12.9 Å². The van der Waals surface area contributed by atoms with E-state index in [1.807, 2.05) is 31.2 Å². The summed E-state index contributed by atoms with van der Waals surface area (Å²) in [6.07, 6.45) is 0. The van der Waals surface area contributed by atoms with Crippen LogP contribution in [0.25, 0.3) is 11.4 Å². The second-order valence-electron chi connectivity index (χ2n) is 5.19. The van der Waals surface area contributed by atoms with Crippen LogP contribution in [0.3, 0.4) is 0 Å². The van der Waals surface area contributed by atoms with E-state index in [2.05, 4.69) is 10.1 Å². The molecule has 0 unspecified atom stereocenters. The minimum absolute atomic E-state index is 0.00209. The van der Waals surface area contributed by atoms with Crippen LogP contribution in [-0.4, -0.2) is 28.8 Å². The van der Waals surface area contributed by atoms with E-state index in [-0.39, 0.29) is 11.5 Å². The number of hydrogen-bond acceptors (Lipinski definition) is 6. The van der Waals surface area contributed by atoms with Crippen molar-refractivity contribution in [1.82, 2.24) is 10.1 Å². The van der Waals surface area contributed by atoms with Crippen molar-refractivity contribution in [1.29, 1.82) is 0 Å². The fourth-order valence-corrected chi connectivity index (χ4v) is 2.74. The van der Waals surface area contributed by atoms with Crippen molar-refractivity contribution >= 4 is 17.5 Å². The topological polar surface area (TPSA) is 65.2 Å². The number of aromatic nitrogens is 2. The highest BCUT2D eigenvalue weighted by molar-refractivity contribution is 7.99. The molecule has 0 atom stereocenters. The third-order valence-corrected chi connectivity index (χ3v) is 4.28. The number of hydrogen-bond donors (Lipinski definition) is 0. The number of ether oxygens (including phenoxy) is 1. The fourth-order valence-electron chi connectivity index (χ4n) is 2.08. The first-order chi connectivity index (χ1) is 11.7. The second-order valence-corrected chi connectivity index (χ2v) is 6.12. The summed E-state index contributed by atoms with van der Waals surface area (Å²) in [6, 6.07) is 14.9. The van der Waals surface area contributed by atoms with Crippen molar-refractivity contribution < 1.29 is 14.1 Å². The Morgan fingerprint density at radius 3 is 2.50 bits per heavy atom. The number of carbonyl (C=O) groups is 1. The first-order valence-corrected chi connectivity index (χ1v) is 8.35. The molecule has 0 aliphatic heterocycles. The van der Waals surface area contributed by atoms with Gasteiger partial charge in [-0.05, 0) is 31.2 Å². The molecule has 0 saturated carbocycles. The molecule has 3 aromatic rings. The number of rotatable bonds is 6. The summed E-state index contributed by atoms with van der Waals surface area (Å²) in [6.45, 7) is 2.02. The van der Waals surface area contributed by atoms with Gasteiger partial charge in [0.2, 0.25) is 5.82 Å². The molecule has 0 fully saturated rings. The van der Waals surface area contributed by atoms with Gasteiger partial charge in [-0.1, -0.05) is 46.7 Å². The molecule has 0 N–H and O–H groups in total. The molecule has 3 rings (SSSR count). The van der Waals surface area contributed by atoms with E-state index < -0.39 is 0 Å². The predicted molar refractivity (Wildman–Crippen MR) is 92.5 cm³/mol. The quantitative estimate of drug-likeness (QED) is 0.499. The summed E-state index contributed by atoms with van der Waals surface area (Å²) in [5, 5.41) is 4.34. The van der Waals surface area contributed by atoms with Crippen LogP contribution in [0.2, 0.25) is 0 Å². The minimum atomic E-state index is -0.00209. The molecule has 1 aromatic heterocycles. The maximum absolute atomic E-state index is 12.2.